The Hall–Kier alpha value is -2.19. The van der Waals surface area contributed by atoms with E-state index < -0.39 is 23.2 Å². The Morgan fingerprint density at radius 3 is 2.57 bits per heavy atom. The number of tetrazole rings is 1. The first-order chi connectivity index (χ1) is 10.7. The molecular weight excluding hydrogens is 302 g/mol. The van der Waals surface area contributed by atoms with E-state index in [0.717, 1.165) is 0 Å². The van der Waals surface area contributed by atoms with Crippen molar-refractivity contribution in [1.29, 1.82) is 0 Å². The number of likely N-dealkylation sites (tertiary alicyclic amines) is 1. The lowest BCUT2D eigenvalue weighted by atomic mass is 9.91. The summed E-state index contributed by atoms with van der Waals surface area (Å²) in [6.07, 6.45) is 0.753. The first kappa shape index (κ1) is 17.2. The zero-order valence-electron chi connectivity index (χ0n) is 14.2. The van der Waals surface area contributed by atoms with Gasteiger partial charge in [-0.1, -0.05) is 0 Å². The highest BCUT2D eigenvalue weighted by molar-refractivity contribution is 5.86. The molecule has 1 aromatic heterocycles. The average Bonchev–Trinajstić information content (AvgIpc) is 3.03. The third-order valence-electron chi connectivity index (χ3n) is 3.67. The number of hydrogen-bond donors (Lipinski definition) is 0. The van der Waals surface area contributed by atoms with Gasteiger partial charge in [0.05, 0.1) is 14.2 Å². The number of rotatable bonds is 3. The molecule has 2 heterocycles. The molecule has 9 nitrogen and oxygen atoms in total. The van der Waals surface area contributed by atoms with Crippen molar-refractivity contribution in [3.05, 3.63) is 5.82 Å². The molecule has 1 aliphatic heterocycles. The molecule has 0 aromatic carbocycles. The second kappa shape index (κ2) is 6.13. The number of aromatic nitrogens is 4. The Labute approximate surface area is 134 Å². The van der Waals surface area contributed by atoms with Crippen LogP contribution in [0.3, 0.4) is 0 Å². The van der Waals surface area contributed by atoms with Crippen LogP contribution in [0, 0.1) is 0 Å². The van der Waals surface area contributed by atoms with Crippen LogP contribution in [0.25, 0.3) is 0 Å². The fourth-order valence-electron chi connectivity index (χ4n) is 2.78. The van der Waals surface area contributed by atoms with Crippen molar-refractivity contribution >= 4 is 12.1 Å². The van der Waals surface area contributed by atoms with Gasteiger partial charge in [-0.05, 0) is 38.8 Å². The molecule has 23 heavy (non-hydrogen) atoms. The van der Waals surface area contributed by atoms with Crippen molar-refractivity contribution in [2.75, 3.05) is 13.7 Å². The van der Waals surface area contributed by atoms with Crippen LogP contribution in [0.5, 0.6) is 0 Å². The molecular formula is C14H23N5O4. The number of hydrogen-bond acceptors (Lipinski definition) is 7. The van der Waals surface area contributed by atoms with E-state index >= 15 is 0 Å². The summed E-state index contributed by atoms with van der Waals surface area (Å²) in [5.41, 5.74) is -1.80. The molecule has 0 aliphatic carbocycles. The third kappa shape index (κ3) is 3.59. The van der Waals surface area contributed by atoms with Crippen molar-refractivity contribution in [2.24, 2.45) is 7.05 Å². The fraction of sp³-hybridized carbons (Fsp3) is 0.786. The minimum atomic E-state index is -1.15. The van der Waals surface area contributed by atoms with Crippen LogP contribution in [-0.4, -0.2) is 62.0 Å². The van der Waals surface area contributed by atoms with Gasteiger partial charge in [-0.2, -0.15) is 4.80 Å². The lowest BCUT2D eigenvalue weighted by Crippen LogP contribution is -2.56. The van der Waals surface area contributed by atoms with Gasteiger partial charge < -0.3 is 9.47 Å². The molecule has 1 fully saturated rings. The van der Waals surface area contributed by atoms with E-state index in [9.17, 15) is 9.59 Å². The van der Waals surface area contributed by atoms with Gasteiger partial charge in [0, 0.05) is 13.0 Å². The number of aryl methyl sites for hydroxylation is 1. The molecule has 1 amide bonds. The van der Waals surface area contributed by atoms with Crippen molar-refractivity contribution in [3.8, 4) is 0 Å². The summed E-state index contributed by atoms with van der Waals surface area (Å²) in [6, 6.07) is 0. The van der Waals surface area contributed by atoms with Gasteiger partial charge in [0.2, 0.25) is 0 Å². The molecule has 1 aliphatic rings. The van der Waals surface area contributed by atoms with Gasteiger partial charge in [-0.25, -0.2) is 9.59 Å². The highest BCUT2D eigenvalue weighted by Gasteiger charge is 2.52. The minimum absolute atomic E-state index is 0.146. The smallest absolute Gasteiger partial charge is 0.411 e. The number of amides is 1. The zero-order valence-corrected chi connectivity index (χ0v) is 14.2. The van der Waals surface area contributed by atoms with Crippen LogP contribution in [-0.2, 0) is 27.7 Å². The lowest BCUT2D eigenvalue weighted by molar-refractivity contribution is -0.153. The molecule has 1 unspecified atom stereocenters. The highest BCUT2D eigenvalue weighted by atomic mass is 16.6. The Kier molecular flexibility index (Phi) is 4.58. The summed E-state index contributed by atoms with van der Waals surface area (Å²) in [7, 11) is 2.95. The van der Waals surface area contributed by atoms with E-state index in [4.69, 9.17) is 9.47 Å². The van der Waals surface area contributed by atoms with E-state index in [0.29, 0.717) is 25.2 Å². The summed E-state index contributed by atoms with van der Waals surface area (Å²) in [6.45, 7) is 5.77. The van der Waals surface area contributed by atoms with Crippen LogP contribution in [0.2, 0.25) is 0 Å². The number of carbonyl (C=O) groups is 2. The topological polar surface area (TPSA) is 99.4 Å². The number of nitrogens with zero attached hydrogens (tertiary/aromatic N) is 5. The maximum atomic E-state index is 12.5. The van der Waals surface area contributed by atoms with Crippen LogP contribution in [0.4, 0.5) is 4.79 Å². The molecule has 1 atom stereocenters. The predicted molar refractivity (Wildman–Crippen MR) is 79.4 cm³/mol. The van der Waals surface area contributed by atoms with Crippen molar-refractivity contribution in [1.82, 2.24) is 25.1 Å². The van der Waals surface area contributed by atoms with Gasteiger partial charge in [0.15, 0.2) is 11.4 Å². The van der Waals surface area contributed by atoms with Crippen molar-refractivity contribution in [2.45, 2.75) is 51.2 Å². The quantitative estimate of drug-likeness (QED) is 0.754. The fourth-order valence-corrected chi connectivity index (χ4v) is 2.78. The zero-order chi connectivity index (χ0) is 17.3. The normalized spacial score (nSPS) is 21.3. The number of esters is 1. The summed E-state index contributed by atoms with van der Waals surface area (Å²) >= 11 is 0. The number of methoxy groups -OCH3 is 1. The minimum Gasteiger partial charge on any atom is -0.467 e. The second-order valence-corrected chi connectivity index (χ2v) is 6.63. The van der Waals surface area contributed by atoms with Crippen molar-refractivity contribution in [3.63, 3.8) is 0 Å². The van der Waals surface area contributed by atoms with Gasteiger partial charge in [0.25, 0.3) is 0 Å². The molecule has 0 bridgehead atoms. The maximum Gasteiger partial charge on any atom is 0.411 e. The largest absolute Gasteiger partial charge is 0.467 e. The maximum absolute atomic E-state index is 12.5. The van der Waals surface area contributed by atoms with Gasteiger partial charge in [-0.3, -0.25) is 4.90 Å². The standard InChI is InChI=1S/C14H23N5O4/c1-13(2,3)23-12(21)19-8-6-7-14(19,11(20)22-5)9-10-15-17-18(4)16-10/h6-9H2,1-5H3. The summed E-state index contributed by atoms with van der Waals surface area (Å²) in [5, 5.41) is 11.8. The molecule has 0 spiro atoms. The van der Waals surface area contributed by atoms with E-state index in [1.807, 2.05) is 0 Å². The Morgan fingerprint density at radius 1 is 1.35 bits per heavy atom. The third-order valence-corrected chi connectivity index (χ3v) is 3.67. The predicted octanol–water partition coefficient (Wildman–Crippen LogP) is 0.695. The number of carbonyl (C=O) groups excluding carboxylic acids is 2. The Bertz CT molecular complexity index is 594. The summed E-state index contributed by atoms with van der Waals surface area (Å²) < 4.78 is 10.4. The van der Waals surface area contributed by atoms with Crippen LogP contribution < -0.4 is 0 Å². The summed E-state index contributed by atoms with van der Waals surface area (Å²) in [4.78, 5) is 27.7. The number of ether oxygens (including phenoxy) is 2. The molecule has 0 radical (unpaired) electrons. The average molecular weight is 325 g/mol. The highest BCUT2D eigenvalue weighted by Crippen LogP contribution is 2.34. The second-order valence-electron chi connectivity index (χ2n) is 6.63. The Balaban J connectivity index is 2.32. The van der Waals surface area contributed by atoms with Gasteiger partial charge in [0.1, 0.15) is 5.60 Å². The lowest BCUT2D eigenvalue weighted by Gasteiger charge is -2.36. The van der Waals surface area contributed by atoms with Crippen LogP contribution >= 0.6 is 0 Å². The molecule has 9 heteroatoms. The molecule has 0 N–H and O–H groups in total. The summed E-state index contributed by atoms with van der Waals surface area (Å²) in [5.74, 6) is -0.110. The molecule has 1 saturated heterocycles. The van der Waals surface area contributed by atoms with E-state index in [1.54, 1.807) is 27.8 Å². The van der Waals surface area contributed by atoms with E-state index in [1.165, 1.54) is 16.8 Å². The van der Waals surface area contributed by atoms with E-state index in [2.05, 4.69) is 15.4 Å². The molecule has 128 valence electrons. The van der Waals surface area contributed by atoms with E-state index in [-0.39, 0.29) is 6.42 Å². The van der Waals surface area contributed by atoms with Gasteiger partial charge >= 0.3 is 12.1 Å². The van der Waals surface area contributed by atoms with Gasteiger partial charge in [-0.15, -0.1) is 10.2 Å². The first-order valence-electron chi connectivity index (χ1n) is 7.50. The monoisotopic (exact) mass is 325 g/mol. The first-order valence-corrected chi connectivity index (χ1v) is 7.50. The van der Waals surface area contributed by atoms with Crippen LogP contribution in [0.1, 0.15) is 39.4 Å². The van der Waals surface area contributed by atoms with Crippen molar-refractivity contribution < 1.29 is 19.1 Å². The molecule has 2 rings (SSSR count). The van der Waals surface area contributed by atoms with Crippen LogP contribution in [0.15, 0.2) is 0 Å². The molecule has 1 aromatic rings. The SMILES string of the molecule is COC(=O)C1(Cc2nnn(C)n2)CCCN1C(=O)OC(C)(C)C. The molecule has 0 saturated carbocycles. The Morgan fingerprint density at radius 2 is 2.04 bits per heavy atom.